The van der Waals surface area contributed by atoms with Crippen molar-refractivity contribution in [3.63, 3.8) is 0 Å². The normalized spacial score (nSPS) is 27.4. The molecule has 33 heavy (non-hydrogen) atoms. The fourth-order valence-corrected chi connectivity index (χ4v) is 5.39. The lowest BCUT2D eigenvalue weighted by Crippen LogP contribution is -2.44. The molecule has 0 aromatic heterocycles. The van der Waals surface area contributed by atoms with Gasteiger partial charge in [-0.3, -0.25) is 0 Å². The van der Waals surface area contributed by atoms with Crippen LogP contribution in [0.25, 0.3) is 0 Å². The van der Waals surface area contributed by atoms with Crippen molar-refractivity contribution in [2.75, 3.05) is 7.11 Å². The van der Waals surface area contributed by atoms with E-state index >= 15 is 0 Å². The van der Waals surface area contributed by atoms with Crippen LogP contribution in [0.2, 0.25) is 0 Å². The van der Waals surface area contributed by atoms with Crippen LogP contribution in [0.5, 0.6) is 23.0 Å². The standard InChI is InChI=1S/C27H36O6/c1-15(2)4-5-18-10-16(7-9-21(18)28)17-6-8-20-22(29)14-24(33-25(20)12-17)19-11-23(30)27(31)26(13-19)32-3/h7,9-11,13,15,17,20,22,24-25,28-31H,4-6,8,12,14H2,1-3H3/t17-,20-,22+,24+,25+/m1/s1. The second-order valence-electron chi connectivity index (χ2n) is 10.1. The SMILES string of the molecule is COc1cc([C@@H]2C[C@H](O)[C@H]3CC[C@@H](c4ccc(O)c(CCC(C)C)c4)C[C@@H]3O2)cc(O)c1O. The maximum atomic E-state index is 10.9. The van der Waals surface area contributed by atoms with E-state index in [4.69, 9.17) is 9.47 Å². The van der Waals surface area contributed by atoms with E-state index in [-0.39, 0.29) is 35.4 Å². The van der Waals surface area contributed by atoms with Gasteiger partial charge in [0.2, 0.25) is 5.75 Å². The van der Waals surface area contributed by atoms with Crippen LogP contribution >= 0.6 is 0 Å². The highest BCUT2D eigenvalue weighted by Gasteiger charge is 2.42. The number of aliphatic hydroxyl groups excluding tert-OH is 1. The van der Waals surface area contributed by atoms with Crippen molar-refractivity contribution in [3.8, 4) is 23.0 Å². The summed E-state index contributed by atoms with van der Waals surface area (Å²) in [6, 6.07) is 9.11. The summed E-state index contributed by atoms with van der Waals surface area (Å²) in [7, 11) is 1.43. The third kappa shape index (κ3) is 5.07. The monoisotopic (exact) mass is 456 g/mol. The summed E-state index contributed by atoms with van der Waals surface area (Å²) in [6.45, 7) is 4.38. The fraction of sp³-hybridized carbons (Fsp3) is 0.556. The third-order valence-electron chi connectivity index (χ3n) is 7.37. The molecule has 2 aromatic carbocycles. The Morgan fingerprint density at radius 1 is 1.00 bits per heavy atom. The number of aromatic hydroxyl groups is 3. The van der Waals surface area contributed by atoms with E-state index in [0.29, 0.717) is 29.6 Å². The zero-order chi connectivity index (χ0) is 23.7. The molecule has 0 amide bonds. The Labute approximate surface area is 195 Å². The van der Waals surface area contributed by atoms with Crippen molar-refractivity contribution >= 4 is 0 Å². The number of rotatable bonds is 6. The second kappa shape index (κ2) is 9.82. The van der Waals surface area contributed by atoms with Gasteiger partial charge < -0.3 is 29.9 Å². The lowest BCUT2D eigenvalue weighted by atomic mass is 9.72. The highest BCUT2D eigenvalue weighted by atomic mass is 16.5. The number of phenolic OH excluding ortho intramolecular Hbond substituents is 3. The van der Waals surface area contributed by atoms with E-state index in [1.807, 2.05) is 12.1 Å². The molecule has 1 aliphatic carbocycles. The number of methoxy groups -OCH3 is 1. The molecule has 4 rings (SSSR count). The molecular formula is C27H36O6. The van der Waals surface area contributed by atoms with Crippen molar-refractivity contribution in [3.05, 3.63) is 47.0 Å². The maximum absolute atomic E-state index is 10.9. The van der Waals surface area contributed by atoms with Gasteiger partial charge in [0.15, 0.2) is 11.5 Å². The molecule has 1 aliphatic heterocycles. The molecule has 0 bridgehead atoms. The van der Waals surface area contributed by atoms with Crippen LogP contribution in [0.3, 0.4) is 0 Å². The van der Waals surface area contributed by atoms with Gasteiger partial charge in [0, 0.05) is 12.3 Å². The number of aliphatic hydroxyl groups is 1. The molecule has 0 unspecified atom stereocenters. The molecular weight excluding hydrogens is 420 g/mol. The van der Waals surface area contributed by atoms with Crippen LogP contribution in [-0.4, -0.2) is 39.7 Å². The number of aryl methyl sites for hydroxylation is 1. The number of hydrogen-bond acceptors (Lipinski definition) is 6. The zero-order valence-electron chi connectivity index (χ0n) is 19.7. The molecule has 2 aliphatic rings. The molecule has 1 saturated heterocycles. The number of hydrogen-bond donors (Lipinski definition) is 4. The lowest BCUT2D eigenvalue weighted by Gasteiger charge is -2.45. The average molecular weight is 457 g/mol. The largest absolute Gasteiger partial charge is 0.508 e. The van der Waals surface area contributed by atoms with E-state index in [1.54, 1.807) is 6.07 Å². The molecule has 0 spiro atoms. The first-order valence-electron chi connectivity index (χ1n) is 12.0. The third-order valence-corrected chi connectivity index (χ3v) is 7.37. The van der Waals surface area contributed by atoms with E-state index in [2.05, 4.69) is 19.9 Å². The highest BCUT2D eigenvalue weighted by molar-refractivity contribution is 5.52. The maximum Gasteiger partial charge on any atom is 0.200 e. The average Bonchev–Trinajstić information content (AvgIpc) is 2.79. The molecule has 4 N–H and O–H groups in total. The minimum Gasteiger partial charge on any atom is -0.508 e. The number of benzene rings is 2. The van der Waals surface area contributed by atoms with E-state index in [1.165, 1.54) is 18.7 Å². The number of ether oxygens (including phenoxy) is 2. The Morgan fingerprint density at radius 3 is 2.52 bits per heavy atom. The van der Waals surface area contributed by atoms with Crippen LogP contribution in [0.15, 0.2) is 30.3 Å². The molecule has 2 fully saturated rings. The van der Waals surface area contributed by atoms with Crippen LogP contribution in [0, 0.1) is 11.8 Å². The Morgan fingerprint density at radius 2 is 1.79 bits per heavy atom. The summed E-state index contributed by atoms with van der Waals surface area (Å²) in [4.78, 5) is 0. The Kier molecular flexibility index (Phi) is 7.05. The summed E-state index contributed by atoms with van der Waals surface area (Å²) in [5, 5.41) is 41.2. The van der Waals surface area contributed by atoms with Gasteiger partial charge in [-0.05, 0) is 78.8 Å². The first-order valence-corrected chi connectivity index (χ1v) is 12.0. The van der Waals surface area contributed by atoms with Gasteiger partial charge >= 0.3 is 0 Å². The van der Waals surface area contributed by atoms with Gasteiger partial charge in [-0.25, -0.2) is 0 Å². The lowest BCUT2D eigenvalue weighted by molar-refractivity contribution is -0.154. The van der Waals surface area contributed by atoms with Crippen LogP contribution in [0.4, 0.5) is 0 Å². The van der Waals surface area contributed by atoms with Crippen molar-refractivity contribution in [1.82, 2.24) is 0 Å². The first kappa shape index (κ1) is 23.7. The smallest absolute Gasteiger partial charge is 0.200 e. The summed E-state index contributed by atoms with van der Waals surface area (Å²) < 4.78 is 11.6. The molecule has 180 valence electrons. The van der Waals surface area contributed by atoms with Crippen LogP contribution < -0.4 is 4.74 Å². The summed E-state index contributed by atoms with van der Waals surface area (Å²) in [5.74, 6) is 0.956. The van der Waals surface area contributed by atoms with Crippen molar-refractivity contribution in [2.24, 2.45) is 11.8 Å². The van der Waals surface area contributed by atoms with E-state index in [9.17, 15) is 20.4 Å². The zero-order valence-corrected chi connectivity index (χ0v) is 19.7. The quantitative estimate of drug-likeness (QED) is 0.447. The van der Waals surface area contributed by atoms with Gasteiger partial charge in [0.1, 0.15) is 5.75 Å². The molecule has 0 radical (unpaired) electrons. The molecule has 1 heterocycles. The van der Waals surface area contributed by atoms with Crippen molar-refractivity contribution < 1.29 is 29.9 Å². The first-order chi connectivity index (χ1) is 15.8. The van der Waals surface area contributed by atoms with Crippen molar-refractivity contribution in [2.45, 2.75) is 76.6 Å². The summed E-state index contributed by atoms with van der Waals surface area (Å²) in [5.41, 5.74) is 2.90. The number of fused-ring (bicyclic) bond motifs is 1. The Balaban J connectivity index is 1.52. The predicted octanol–water partition coefficient (Wildman–Crippen LogP) is 5.18. The minimum atomic E-state index is -0.488. The van der Waals surface area contributed by atoms with E-state index in [0.717, 1.165) is 37.7 Å². The van der Waals surface area contributed by atoms with Gasteiger partial charge in [-0.1, -0.05) is 26.0 Å². The highest BCUT2D eigenvalue weighted by Crippen LogP contribution is 2.48. The molecule has 2 aromatic rings. The van der Waals surface area contributed by atoms with Gasteiger partial charge in [-0.15, -0.1) is 0 Å². The van der Waals surface area contributed by atoms with Gasteiger partial charge in [0.25, 0.3) is 0 Å². The predicted molar refractivity (Wildman–Crippen MR) is 126 cm³/mol. The fourth-order valence-electron chi connectivity index (χ4n) is 5.39. The number of phenols is 3. The van der Waals surface area contributed by atoms with E-state index < -0.39 is 6.10 Å². The summed E-state index contributed by atoms with van der Waals surface area (Å²) >= 11 is 0. The molecule has 6 nitrogen and oxygen atoms in total. The Bertz CT molecular complexity index is 971. The van der Waals surface area contributed by atoms with Crippen LogP contribution in [0.1, 0.15) is 74.7 Å². The molecule has 5 atom stereocenters. The molecule has 6 heteroatoms. The van der Waals surface area contributed by atoms with Crippen molar-refractivity contribution in [1.29, 1.82) is 0 Å². The van der Waals surface area contributed by atoms with Crippen LogP contribution in [-0.2, 0) is 11.2 Å². The Hall–Kier alpha value is -2.44. The second-order valence-corrected chi connectivity index (χ2v) is 10.1. The van der Waals surface area contributed by atoms with Gasteiger partial charge in [0.05, 0.1) is 25.4 Å². The summed E-state index contributed by atoms with van der Waals surface area (Å²) in [6.07, 6.45) is 4.02. The molecule has 1 saturated carbocycles. The topological polar surface area (TPSA) is 99.4 Å². The minimum absolute atomic E-state index is 0.0858. The van der Waals surface area contributed by atoms with Gasteiger partial charge in [-0.2, -0.15) is 0 Å².